The zero-order valence-corrected chi connectivity index (χ0v) is 16.9. The summed E-state index contributed by atoms with van der Waals surface area (Å²) < 4.78 is 28.8. The summed E-state index contributed by atoms with van der Waals surface area (Å²) in [5.74, 6) is 2.08. The molecule has 1 aromatic carbocycles. The summed E-state index contributed by atoms with van der Waals surface area (Å²) in [6.45, 7) is 2.04. The number of allylic oxidation sites excluding steroid dienone is 1. The molecule has 2 fully saturated rings. The second kappa shape index (κ2) is 8.16. The number of para-hydroxylation sites is 2. The summed E-state index contributed by atoms with van der Waals surface area (Å²) in [6.07, 6.45) is 4.62. The highest BCUT2D eigenvalue weighted by molar-refractivity contribution is 5.96. The number of ketones is 1. The Morgan fingerprint density at radius 2 is 2.00 bits per heavy atom. The SMILES string of the molecule is COc1ccccc1OC1=COC2C(CCC3OCN(Cc4ccco4)CC32)C1=O. The molecule has 0 spiro atoms. The van der Waals surface area contributed by atoms with Crippen molar-refractivity contribution >= 4 is 5.78 Å². The maximum Gasteiger partial charge on any atom is 0.208 e. The van der Waals surface area contributed by atoms with Gasteiger partial charge in [0.1, 0.15) is 18.1 Å². The molecule has 7 heteroatoms. The van der Waals surface area contributed by atoms with E-state index in [0.29, 0.717) is 24.8 Å². The zero-order valence-electron chi connectivity index (χ0n) is 16.9. The third-order valence-electron chi connectivity index (χ3n) is 6.16. The van der Waals surface area contributed by atoms with E-state index in [9.17, 15) is 4.79 Å². The standard InChI is InChI=1S/C23H25NO6/c1-26-19-6-2-3-7-20(19)30-21-13-28-23-16(22(21)25)8-9-18-17(23)12-24(14-29-18)11-15-5-4-10-27-15/h2-7,10,13,16-18,23H,8-9,11-12,14H2,1H3. The number of hydrogen-bond donors (Lipinski definition) is 0. The molecule has 2 aromatic rings. The average Bonchev–Trinajstić information content (AvgIpc) is 3.29. The fourth-order valence-corrected chi connectivity index (χ4v) is 4.70. The third-order valence-corrected chi connectivity index (χ3v) is 6.16. The van der Waals surface area contributed by atoms with E-state index in [1.807, 2.05) is 24.3 Å². The van der Waals surface area contributed by atoms with Crippen molar-refractivity contribution in [3.63, 3.8) is 0 Å². The third kappa shape index (κ3) is 3.59. The molecule has 0 N–H and O–H groups in total. The lowest BCUT2D eigenvalue weighted by atomic mass is 9.73. The predicted molar refractivity (Wildman–Crippen MR) is 107 cm³/mol. The Labute approximate surface area is 175 Å². The van der Waals surface area contributed by atoms with Crippen molar-refractivity contribution in [3.8, 4) is 11.5 Å². The van der Waals surface area contributed by atoms with Crippen molar-refractivity contribution < 1.29 is 28.2 Å². The van der Waals surface area contributed by atoms with Crippen LogP contribution in [0.3, 0.4) is 0 Å². The van der Waals surface area contributed by atoms with Gasteiger partial charge in [-0.2, -0.15) is 0 Å². The number of Topliss-reactive ketones (excluding diaryl/α,β-unsaturated/α-hetero) is 1. The number of carbonyl (C=O) groups excluding carboxylic acids is 1. The molecule has 1 saturated heterocycles. The van der Waals surface area contributed by atoms with E-state index in [0.717, 1.165) is 25.1 Å². The maximum absolute atomic E-state index is 13.2. The number of hydrogen-bond acceptors (Lipinski definition) is 7. The van der Waals surface area contributed by atoms with E-state index in [2.05, 4.69) is 4.90 Å². The molecule has 4 atom stereocenters. The Kier molecular flexibility index (Phi) is 5.23. The molecule has 1 aromatic heterocycles. The number of furan rings is 1. The van der Waals surface area contributed by atoms with Gasteiger partial charge < -0.3 is 23.4 Å². The van der Waals surface area contributed by atoms with Gasteiger partial charge in [0.05, 0.1) is 38.7 Å². The first kappa shape index (κ1) is 19.2. The van der Waals surface area contributed by atoms with Gasteiger partial charge in [-0.05, 0) is 37.1 Å². The highest BCUT2D eigenvalue weighted by Gasteiger charge is 2.49. The number of ether oxygens (including phenoxy) is 4. The molecule has 0 radical (unpaired) electrons. The Balaban J connectivity index is 1.31. The molecule has 3 heterocycles. The minimum atomic E-state index is -0.229. The second-order valence-corrected chi connectivity index (χ2v) is 7.97. The number of rotatable bonds is 5. The molecule has 1 saturated carbocycles. The van der Waals surface area contributed by atoms with E-state index in [-0.39, 0.29) is 35.6 Å². The fourth-order valence-electron chi connectivity index (χ4n) is 4.70. The molecule has 5 rings (SSSR count). The normalized spacial score (nSPS) is 28.7. The van der Waals surface area contributed by atoms with Crippen LogP contribution >= 0.6 is 0 Å². The summed E-state index contributed by atoms with van der Waals surface area (Å²) in [4.78, 5) is 15.4. The molecule has 30 heavy (non-hydrogen) atoms. The highest BCUT2D eigenvalue weighted by Crippen LogP contribution is 2.41. The van der Waals surface area contributed by atoms with E-state index in [1.165, 1.54) is 6.26 Å². The molecular weight excluding hydrogens is 386 g/mol. The van der Waals surface area contributed by atoms with Gasteiger partial charge in [0.25, 0.3) is 0 Å². The van der Waals surface area contributed by atoms with Crippen LogP contribution in [0, 0.1) is 11.8 Å². The van der Waals surface area contributed by atoms with Crippen LogP contribution in [-0.4, -0.2) is 43.3 Å². The van der Waals surface area contributed by atoms with Gasteiger partial charge in [0.15, 0.2) is 11.5 Å². The molecule has 4 unspecified atom stereocenters. The van der Waals surface area contributed by atoms with Gasteiger partial charge in [-0.15, -0.1) is 0 Å². The van der Waals surface area contributed by atoms with Gasteiger partial charge in [-0.25, -0.2) is 0 Å². The van der Waals surface area contributed by atoms with Crippen LogP contribution in [0.2, 0.25) is 0 Å². The van der Waals surface area contributed by atoms with Crippen molar-refractivity contribution in [1.82, 2.24) is 4.90 Å². The molecule has 3 aliphatic rings. The van der Waals surface area contributed by atoms with E-state index in [1.54, 1.807) is 25.5 Å². The summed E-state index contributed by atoms with van der Waals surface area (Å²) in [7, 11) is 1.57. The molecule has 0 amide bonds. The van der Waals surface area contributed by atoms with Crippen LogP contribution < -0.4 is 9.47 Å². The van der Waals surface area contributed by atoms with Crippen LogP contribution in [0.15, 0.2) is 59.1 Å². The number of carbonyl (C=O) groups is 1. The lowest BCUT2D eigenvalue weighted by Gasteiger charge is -2.47. The monoisotopic (exact) mass is 411 g/mol. The van der Waals surface area contributed by atoms with Crippen LogP contribution in [0.25, 0.3) is 0 Å². The molecule has 7 nitrogen and oxygen atoms in total. The molecule has 1 aliphatic carbocycles. The largest absolute Gasteiger partial charge is 0.493 e. The van der Waals surface area contributed by atoms with Gasteiger partial charge in [-0.3, -0.25) is 9.69 Å². The lowest BCUT2D eigenvalue weighted by molar-refractivity contribution is -0.175. The molecular formula is C23H25NO6. The van der Waals surface area contributed by atoms with Gasteiger partial charge in [0.2, 0.25) is 11.5 Å². The van der Waals surface area contributed by atoms with Crippen molar-refractivity contribution in [2.24, 2.45) is 11.8 Å². The number of nitrogens with zero attached hydrogens (tertiary/aromatic N) is 1. The maximum atomic E-state index is 13.2. The quantitative estimate of drug-likeness (QED) is 0.747. The lowest BCUT2D eigenvalue weighted by Crippen LogP contribution is -2.56. The van der Waals surface area contributed by atoms with Crippen LogP contribution in [0.5, 0.6) is 11.5 Å². The van der Waals surface area contributed by atoms with Gasteiger partial charge in [-0.1, -0.05) is 12.1 Å². The summed E-state index contributed by atoms with van der Waals surface area (Å²) in [6, 6.07) is 11.1. The van der Waals surface area contributed by atoms with Crippen LogP contribution in [0.4, 0.5) is 0 Å². The van der Waals surface area contributed by atoms with Crippen molar-refractivity contribution in [3.05, 3.63) is 60.4 Å². The Bertz CT molecular complexity index is 924. The smallest absolute Gasteiger partial charge is 0.208 e. The second-order valence-electron chi connectivity index (χ2n) is 7.97. The van der Waals surface area contributed by atoms with Crippen molar-refractivity contribution in [2.45, 2.75) is 31.6 Å². The molecule has 2 aliphatic heterocycles. The topological polar surface area (TPSA) is 70.4 Å². The van der Waals surface area contributed by atoms with Crippen LogP contribution in [-0.2, 0) is 20.8 Å². The van der Waals surface area contributed by atoms with Crippen LogP contribution in [0.1, 0.15) is 18.6 Å². The van der Waals surface area contributed by atoms with Gasteiger partial charge >= 0.3 is 0 Å². The number of methoxy groups -OCH3 is 1. The minimum absolute atomic E-state index is 0.0150. The Morgan fingerprint density at radius 3 is 2.80 bits per heavy atom. The average molecular weight is 411 g/mol. The number of benzene rings is 1. The summed E-state index contributed by atoms with van der Waals surface area (Å²) in [5, 5.41) is 0. The zero-order chi connectivity index (χ0) is 20.5. The van der Waals surface area contributed by atoms with E-state index < -0.39 is 0 Å². The minimum Gasteiger partial charge on any atom is -0.493 e. The Morgan fingerprint density at radius 1 is 1.13 bits per heavy atom. The molecule has 0 bridgehead atoms. The van der Waals surface area contributed by atoms with Crippen molar-refractivity contribution in [2.75, 3.05) is 20.4 Å². The summed E-state index contributed by atoms with van der Waals surface area (Å²) >= 11 is 0. The Hall–Kier alpha value is -2.77. The van der Waals surface area contributed by atoms with E-state index >= 15 is 0 Å². The molecule has 158 valence electrons. The number of fused-ring (bicyclic) bond motifs is 3. The first-order valence-corrected chi connectivity index (χ1v) is 10.3. The first-order chi connectivity index (χ1) is 14.7. The summed E-state index contributed by atoms with van der Waals surface area (Å²) in [5.41, 5.74) is 0. The first-order valence-electron chi connectivity index (χ1n) is 10.3. The van der Waals surface area contributed by atoms with E-state index in [4.69, 9.17) is 23.4 Å². The predicted octanol–water partition coefficient (Wildman–Crippen LogP) is 3.36. The fraction of sp³-hybridized carbons (Fsp3) is 0.435. The van der Waals surface area contributed by atoms with Gasteiger partial charge in [0, 0.05) is 12.5 Å². The van der Waals surface area contributed by atoms with Crippen molar-refractivity contribution in [1.29, 1.82) is 0 Å². The highest BCUT2D eigenvalue weighted by atomic mass is 16.5.